The van der Waals surface area contributed by atoms with Crippen molar-refractivity contribution in [3.05, 3.63) is 64.7 Å². The Bertz CT molecular complexity index is 1100. The second-order valence-corrected chi connectivity index (χ2v) is 10.3. The van der Waals surface area contributed by atoms with Crippen molar-refractivity contribution in [2.45, 2.75) is 53.6 Å². The van der Waals surface area contributed by atoms with Gasteiger partial charge in [-0.25, -0.2) is 8.42 Å². The number of nitrogens with one attached hydrogen (secondary N) is 1. The largest absolute Gasteiger partial charge is 0.355 e. The molecular weight excluding hydrogens is 438 g/mol. The van der Waals surface area contributed by atoms with Crippen molar-refractivity contribution in [2.24, 2.45) is 0 Å². The zero-order chi connectivity index (χ0) is 24.8. The highest BCUT2D eigenvalue weighted by Gasteiger charge is 2.31. The van der Waals surface area contributed by atoms with E-state index in [0.29, 0.717) is 18.7 Å². The normalized spacial score (nSPS) is 12.2. The van der Waals surface area contributed by atoms with E-state index < -0.39 is 22.0 Å². The summed E-state index contributed by atoms with van der Waals surface area (Å²) in [5.74, 6) is -0.684. The van der Waals surface area contributed by atoms with Crippen LogP contribution in [0.4, 0.5) is 5.69 Å². The third-order valence-electron chi connectivity index (χ3n) is 5.63. The number of hydrogen-bond acceptors (Lipinski definition) is 4. The maximum Gasteiger partial charge on any atom is 0.244 e. The van der Waals surface area contributed by atoms with Crippen LogP contribution in [0.1, 0.15) is 42.5 Å². The van der Waals surface area contributed by atoms with E-state index in [-0.39, 0.29) is 19.0 Å². The Labute approximate surface area is 197 Å². The molecule has 33 heavy (non-hydrogen) atoms. The predicted molar refractivity (Wildman–Crippen MR) is 133 cm³/mol. The monoisotopic (exact) mass is 473 g/mol. The van der Waals surface area contributed by atoms with Crippen LogP contribution < -0.4 is 9.62 Å². The summed E-state index contributed by atoms with van der Waals surface area (Å²) in [5, 5.41) is 2.79. The average molecular weight is 474 g/mol. The minimum absolute atomic E-state index is 0.209. The molecule has 8 heteroatoms. The zero-order valence-corrected chi connectivity index (χ0v) is 21.2. The molecule has 2 aromatic carbocycles. The van der Waals surface area contributed by atoms with Crippen LogP contribution in [0.25, 0.3) is 0 Å². The molecule has 2 aromatic rings. The maximum atomic E-state index is 13.6. The molecular formula is C25H35N3O4S. The molecule has 0 saturated heterocycles. The Balaban J connectivity index is 2.45. The summed E-state index contributed by atoms with van der Waals surface area (Å²) < 4.78 is 26.4. The number of rotatable bonds is 10. The van der Waals surface area contributed by atoms with E-state index in [0.717, 1.165) is 32.8 Å². The Morgan fingerprint density at radius 1 is 1.00 bits per heavy atom. The van der Waals surface area contributed by atoms with Crippen LogP contribution in [0, 0.1) is 20.8 Å². The SMILES string of the molecule is CCNC(=O)[C@@H](CC)N(Cc1cccc(C)c1)C(=O)CN(c1ccc(C)c(C)c1)S(C)(=O)=O. The van der Waals surface area contributed by atoms with E-state index in [1.165, 1.54) is 4.90 Å². The molecule has 2 amide bonds. The molecule has 0 spiro atoms. The van der Waals surface area contributed by atoms with Gasteiger partial charge in [-0.1, -0.05) is 42.8 Å². The molecule has 0 radical (unpaired) electrons. The minimum Gasteiger partial charge on any atom is -0.355 e. The quantitative estimate of drug-likeness (QED) is 0.574. The van der Waals surface area contributed by atoms with Gasteiger partial charge in [-0.05, 0) is 62.9 Å². The van der Waals surface area contributed by atoms with Crippen molar-refractivity contribution in [3.63, 3.8) is 0 Å². The van der Waals surface area contributed by atoms with E-state index in [1.807, 2.05) is 65.0 Å². The topological polar surface area (TPSA) is 86.8 Å². The van der Waals surface area contributed by atoms with Crippen molar-refractivity contribution in [1.82, 2.24) is 10.2 Å². The van der Waals surface area contributed by atoms with Crippen LogP contribution in [0.2, 0.25) is 0 Å². The van der Waals surface area contributed by atoms with Crippen molar-refractivity contribution in [3.8, 4) is 0 Å². The molecule has 180 valence electrons. The van der Waals surface area contributed by atoms with E-state index in [9.17, 15) is 18.0 Å². The summed E-state index contributed by atoms with van der Waals surface area (Å²) in [6, 6.07) is 12.3. The van der Waals surface area contributed by atoms with Crippen molar-refractivity contribution in [2.75, 3.05) is 23.7 Å². The summed E-state index contributed by atoms with van der Waals surface area (Å²) in [7, 11) is -3.73. The van der Waals surface area contributed by atoms with Gasteiger partial charge >= 0.3 is 0 Å². The van der Waals surface area contributed by atoms with E-state index in [2.05, 4.69) is 5.32 Å². The first-order valence-corrected chi connectivity index (χ1v) is 13.0. The highest BCUT2D eigenvalue weighted by molar-refractivity contribution is 7.92. The number of carbonyl (C=O) groups excluding carboxylic acids is 2. The lowest BCUT2D eigenvalue weighted by Gasteiger charge is -2.33. The van der Waals surface area contributed by atoms with Crippen LogP contribution in [0.3, 0.4) is 0 Å². The second-order valence-electron chi connectivity index (χ2n) is 8.37. The standard InChI is InChI=1S/C25H35N3O4S/c1-7-23(25(30)26-8-2)27(16-21-11-9-10-18(3)14-21)24(29)17-28(33(6,31)32)22-13-12-19(4)20(5)15-22/h9-15,23H,7-8,16-17H2,1-6H3,(H,26,30)/t23-/m1/s1. The molecule has 7 nitrogen and oxygen atoms in total. The molecule has 1 N–H and O–H groups in total. The Kier molecular flexibility index (Phi) is 9.05. The molecule has 0 fully saturated rings. The summed E-state index contributed by atoms with van der Waals surface area (Å²) in [5.41, 5.74) is 4.30. The van der Waals surface area contributed by atoms with Gasteiger partial charge in [0, 0.05) is 13.1 Å². The van der Waals surface area contributed by atoms with Gasteiger partial charge in [0.05, 0.1) is 11.9 Å². The number of anilines is 1. The fourth-order valence-electron chi connectivity index (χ4n) is 3.71. The molecule has 0 aliphatic heterocycles. The summed E-state index contributed by atoms with van der Waals surface area (Å²) in [6.45, 7) is 9.73. The van der Waals surface area contributed by atoms with Crippen LogP contribution >= 0.6 is 0 Å². The smallest absolute Gasteiger partial charge is 0.244 e. The number of nitrogens with zero attached hydrogens (tertiary/aromatic N) is 2. The molecule has 0 aromatic heterocycles. The zero-order valence-electron chi connectivity index (χ0n) is 20.4. The van der Waals surface area contributed by atoms with Gasteiger partial charge in [0.25, 0.3) is 0 Å². The molecule has 0 bridgehead atoms. The Morgan fingerprint density at radius 3 is 2.24 bits per heavy atom. The molecule has 0 heterocycles. The van der Waals surface area contributed by atoms with Crippen molar-refractivity contribution < 1.29 is 18.0 Å². The van der Waals surface area contributed by atoms with Gasteiger partial charge in [0.1, 0.15) is 12.6 Å². The number of carbonyl (C=O) groups is 2. The van der Waals surface area contributed by atoms with Gasteiger partial charge in [0.2, 0.25) is 21.8 Å². The van der Waals surface area contributed by atoms with E-state index in [1.54, 1.807) is 12.1 Å². The average Bonchev–Trinajstić information content (AvgIpc) is 2.73. The minimum atomic E-state index is -3.73. The Morgan fingerprint density at radius 2 is 1.70 bits per heavy atom. The molecule has 0 unspecified atom stereocenters. The highest BCUT2D eigenvalue weighted by Crippen LogP contribution is 2.22. The lowest BCUT2D eigenvalue weighted by atomic mass is 10.1. The fraction of sp³-hybridized carbons (Fsp3) is 0.440. The summed E-state index contributed by atoms with van der Waals surface area (Å²) in [6.07, 6.45) is 1.49. The molecule has 0 aliphatic rings. The lowest BCUT2D eigenvalue weighted by Crippen LogP contribution is -2.52. The number of hydrogen-bond donors (Lipinski definition) is 1. The van der Waals surface area contributed by atoms with Crippen LogP contribution in [0.15, 0.2) is 42.5 Å². The van der Waals surface area contributed by atoms with Gasteiger partial charge in [-0.15, -0.1) is 0 Å². The number of aryl methyl sites for hydroxylation is 3. The van der Waals surface area contributed by atoms with Crippen LogP contribution in [-0.4, -0.2) is 50.5 Å². The second kappa shape index (κ2) is 11.3. The molecule has 2 rings (SSSR count). The van der Waals surface area contributed by atoms with Gasteiger partial charge < -0.3 is 10.2 Å². The first kappa shape index (κ1) is 26.4. The number of amides is 2. The first-order chi connectivity index (χ1) is 15.5. The Hall–Kier alpha value is -2.87. The highest BCUT2D eigenvalue weighted by atomic mass is 32.2. The fourth-order valence-corrected chi connectivity index (χ4v) is 4.55. The van der Waals surface area contributed by atoms with Crippen molar-refractivity contribution >= 4 is 27.5 Å². The van der Waals surface area contributed by atoms with Crippen LogP contribution in [-0.2, 0) is 26.2 Å². The van der Waals surface area contributed by atoms with Crippen molar-refractivity contribution in [1.29, 1.82) is 0 Å². The van der Waals surface area contributed by atoms with Gasteiger partial charge in [-0.2, -0.15) is 0 Å². The molecule has 0 saturated carbocycles. The third kappa shape index (κ3) is 7.05. The first-order valence-electron chi connectivity index (χ1n) is 11.2. The maximum absolute atomic E-state index is 13.6. The number of likely N-dealkylation sites (N-methyl/N-ethyl adjacent to an activating group) is 1. The van der Waals surface area contributed by atoms with Gasteiger partial charge in [-0.3, -0.25) is 13.9 Å². The number of benzene rings is 2. The molecule has 0 aliphatic carbocycles. The number of sulfonamides is 1. The van der Waals surface area contributed by atoms with E-state index in [4.69, 9.17) is 0 Å². The summed E-state index contributed by atoms with van der Waals surface area (Å²) in [4.78, 5) is 27.8. The summed E-state index contributed by atoms with van der Waals surface area (Å²) >= 11 is 0. The predicted octanol–water partition coefficient (Wildman–Crippen LogP) is 3.32. The lowest BCUT2D eigenvalue weighted by molar-refractivity contribution is -0.140. The van der Waals surface area contributed by atoms with E-state index >= 15 is 0 Å². The van der Waals surface area contributed by atoms with Gasteiger partial charge in [0.15, 0.2) is 0 Å². The molecule has 1 atom stereocenters. The third-order valence-corrected chi connectivity index (χ3v) is 6.77. The van der Waals surface area contributed by atoms with Crippen LogP contribution in [0.5, 0.6) is 0 Å².